The molecular weight excluding hydrogens is 316 g/mol. The molecular formula is C19H24N4O2. The second-order valence-electron chi connectivity index (χ2n) is 7.32. The number of carbonyl (C=O) groups is 1. The predicted octanol–water partition coefficient (Wildman–Crippen LogP) is 3.13. The number of aromatic nitrogens is 2. The minimum Gasteiger partial charge on any atom is -0.381 e. The predicted molar refractivity (Wildman–Crippen MR) is 96.1 cm³/mol. The van der Waals surface area contributed by atoms with Crippen LogP contribution < -0.4 is 5.32 Å². The maximum Gasteiger partial charge on any atom is 0.323 e. The lowest BCUT2D eigenvalue weighted by atomic mass is 9.87. The fourth-order valence-corrected chi connectivity index (χ4v) is 3.75. The molecule has 1 aromatic carbocycles. The number of ether oxygens (including phenoxy) is 1. The number of rotatable bonds is 2. The van der Waals surface area contributed by atoms with Crippen molar-refractivity contribution < 1.29 is 9.53 Å². The maximum atomic E-state index is 12.6. The molecule has 1 atom stereocenters. The van der Waals surface area contributed by atoms with Crippen molar-refractivity contribution in [2.75, 3.05) is 31.6 Å². The van der Waals surface area contributed by atoms with Crippen molar-refractivity contribution >= 4 is 11.8 Å². The van der Waals surface area contributed by atoms with Crippen LogP contribution >= 0.6 is 0 Å². The Bertz CT molecular complexity index is 775. The molecule has 2 aromatic rings. The molecule has 132 valence electrons. The third kappa shape index (κ3) is 3.14. The highest BCUT2D eigenvalue weighted by atomic mass is 16.5. The molecule has 0 unspecified atom stereocenters. The minimum absolute atomic E-state index is 0.0719. The van der Waals surface area contributed by atoms with Gasteiger partial charge in [0.2, 0.25) is 0 Å². The number of anilines is 1. The lowest BCUT2D eigenvalue weighted by Gasteiger charge is -2.21. The van der Waals surface area contributed by atoms with Crippen LogP contribution in [0.4, 0.5) is 10.6 Å². The van der Waals surface area contributed by atoms with Gasteiger partial charge in [-0.1, -0.05) is 17.7 Å². The van der Waals surface area contributed by atoms with Crippen molar-refractivity contribution in [1.29, 1.82) is 0 Å². The molecule has 2 fully saturated rings. The molecule has 6 nitrogen and oxygen atoms in total. The summed E-state index contributed by atoms with van der Waals surface area (Å²) in [6, 6.07) is 10.0. The van der Waals surface area contributed by atoms with E-state index in [1.807, 2.05) is 34.7 Å². The number of urea groups is 1. The summed E-state index contributed by atoms with van der Waals surface area (Å²) in [4.78, 5) is 14.5. The zero-order valence-corrected chi connectivity index (χ0v) is 14.8. The standard InChI is InChI=1S/C19H24N4O2/c1-14-3-5-16(6-4-14)23-15(2)11-17(21-23)20-18(24)22-9-7-19(12-22)8-10-25-13-19/h3-6,11H,7-10,12-13H2,1-2H3,(H,20,21,24)/t19-/m1/s1. The first-order valence-electron chi connectivity index (χ1n) is 8.82. The van der Waals surface area contributed by atoms with E-state index in [-0.39, 0.29) is 11.4 Å². The van der Waals surface area contributed by atoms with Crippen LogP contribution in [-0.2, 0) is 4.74 Å². The highest BCUT2D eigenvalue weighted by molar-refractivity contribution is 5.88. The number of amides is 2. The average Bonchev–Trinajstić information content (AvgIpc) is 3.31. The molecule has 4 rings (SSSR count). The number of likely N-dealkylation sites (tertiary alicyclic amines) is 1. The van der Waals surface area contributed by atoms with Gasteiger partial charge in [0.05, 0.1) is 12.3 Å². The first-order valence-corrected chi connectivity index (χ1v) is 8.82. The van der Waals surface area contributed by atoms with Crippen LogP contribution in [0.25, 0.3) is 5.69 Å². The van der Waals surface area contributed by atoms with Gasteiger partial charge in [-0.2, -0.15) is 0 Å². The summed E-state index contributed by atoms with van der Waals surface area (Å²) >= 11 is 0. The molecule has 1 aromatic heterocycles. The number of benzene rings is 1. The molecule has 0 bridgehead atoms. The van der Waals surface area contributed by atoms with Gasteiger partial charge in [0, 0.05) is 36.9 Å². The second kappa shape index (κ2) is 6.19. The van der Waals surface area contributed by atoms with Gasteiger partial charge >= 0.3 is 6.03 Å². The zero-order valence-electron chi connectivity index (χ0n) is 14.8. The van der Waals surface area contributed by atoms with E-state index in [0.717, 1.165) is 50.5 Å². The molecule has 2 aliphatic rings. The Balaban J connectivity index is 1.45. The summed E-state index contributed by atoms with van der Waals surface area (Å²) in [7, 11) is 0. The molecule has 0 radical (unpaired) electrons. The van der Waals surface area contributed by atoms with E-state index >= 15 is 0 Å². The molecule has 25 heavy (non-hydrogen) atoms. The topological polar surface area (TPSA) is 59.4 Å². The van der Waals surface area contributed by atoms with Gasteiger partial charge in [0.25, 0.3) is 0 Å². The van der Waals surface area contributed by atoms with E-state index in [0.29, 0.717) is 5.82 Å². The maximum absolute atomic E-state index is 12.6. The molecule has 3 heterocycles. The smallest absolute Gasteiger partial charge is 0.323 e. The van der Waals surface area contributed by atoms with E-state index in [2.05, 4.69) is 29.5 Å². The Morgan fingerprint density at radius 2 is 2.04 bits per heavy atom. The van der Waals surface area contributed by atoms with Crippen molar-refractivity contribution in [2.24, 2.45) is 5.41 Å². The molecule has 1 N–H and O–H groups in total. The van der Waals surface area contributed by atoms with E-state index < -0.39 is 0 Å². The van der Waals surface area contributed by atoms with Gasteiger partial charge in [-0.3, -0.25) is 5.32 Å². The highest BCUT2D eigenvalue weighted by Gasteiger charge is 2.42. The van der Waals surface area contributed by atoms with Crippen LogP contribution in [0.2, 0.25) is 0 Å². The molecule has 2 amide bonds. The lowest BCUT2D eigenvalue weighted by Crippen LogP contribution is -2.35. The van der Waals surface area contributed by atoms with Crippen LogP contribution in [0.1, 0.15) is 24.1 Å². The van der Waals surface area contributed by atoms with Crippen molar-refractivity contribution in [3.05, 3.63) is 41.6 Å². The highest BCUT2D eigenvalue weighted by Crippen LogP contribution is 2.38. The number of nitrogens with one attached hydrogen (secondary N) is 1. The van der Waals surface area contributed by atoms with Crippen molar-refractivity contribution in [3.8, 4) is 5.69 Å². The Labute approximate surface area is 147 Å². The second-order valence-corrected chi connectivity index (χ2v) is 7.32. The van der Waals surface area contributed by atoms with Crippen molar-refractivity contribution in [3.63, 3.8) is 0 Å². The normalized spacial score (nSPS) is 22.7. The SMILES string of the molecule is Cc1ccc(-n2nc(NC(=O)N3CC[C@@]4(CCOC4)C3)cc2C)cc1. The number of aryl methyl sites for hydroxylation is 2. The van der Waals surface area contributed by atoms with Gasteiger partial charge in [-0.15, -0.1) is 5.10 Å². The molecule has 0 saturated carbocycles. The molecule has 2 aliphatic heterocycles. The summed E-state index contributed by atoms with van der Waals surface area (Å²) in [6.45, 7) is 7.20. The zero-order chi connectivity index (χ0) is 17.4. The summed E-state index contributed by atoms with van der Waals surface area (Å²) in [6.07, 6.45) is 2.08. The van der Waals surface area contributed by atoms with Gasteiger partial charge in [0.1, 0.15) is 0 Å². The Kier molecular flexibility index (Phi) is 4.00. The van der Waals surface area contributed by atoms with E-state index in [1.54, 1.807) is 0 Å². The number of hydrogen-bond donors (Lipinski definition) is 1. The molecule has 6 heteroatoms. The lowest BCUT2D eigenvalue weighted by molar-refractivity contribution is 0.154. The van der Waals surface area contributed by atoms with Crippen LogP contribution in [0.5, 0.6) is 0 Å². The average molecular weight is 340 g/mol. The van der Waals surface area contributed by atoms with Crippen LogP contribution in [0.15, 0.2) is 30.3 Å². The van der Waals surface area contributed by atoms with Gasteiger partial charge in [-0.05, 0) is 38.8 Å². The fraction of sp³-hybridized carbons (Fsp3) is 0.474. The third-order valence-electron chi connectivity index (χ3n) is 5.31. The quantitative estimate of drug-likeness (QED) is 0.914. The summed E-state index contributed by atoms with van der Waals surface area (Å²) in [5, 5.41) is 7.49. The van der Waals surface area contributed by atoms with E-state index in [4.69, 9.17) is 4.74 Å². The molecule has 1 spiro atoms. The molecule has 0 aliphatic carbocycles. The van der Waals surface area contributed by atoms with Crippen LogP contribution in [0, 0.1) is 19.3 Å². The number of hydrogen-bond acceptors (Lipinski definition) is 3. The first kappa shape index (κ1) is 16.1. The Hall–Kier alpha value is -2.34. The van der Waals surface area contributed by atoms with Crippen LogP contribution in [0.3, 0.4) is 0 Å². The third-order valence-corrected chi connectivity index (χ3v) is 5.31. The largest absolute Gasteiger partial charge is 0.381 e. The Morgan fingerprint density at radius 3 is 2.76 bits per heavy atom. The first-order chi connectivity index (χ1) is 12.0. The van der Waals surface area contributed by atoms with E-state index in [9.17, 15) is 4.79 Å². The van der Waals surface area contributed by atoms with E-state index in [1.165, 1.54) is 5.56 Å². The monoisotopic (exact) mass is 340 g/mol. The Morgan fingerprint density at radius 1 is 1.24 bits per heavy atom. The van der Waals surface area contributed by atoms with Crippen molar-refractivity contribution in [2.45, 2.75) is 26.7 Å². The van der Waals surface area contributed by atoms with Crippen molar-refractivity contribution in [1.82, 2.24) is 14.7 Å². The fourth-order valence-electron chi connectivity index (χ4n) is 3.75. The molecule has 2 saturated heterocycles. The van der Waals surface area contributed by atoms with Gasteiger partial charge in [0.15, 0.2) is 5.82 Å². The van der Waals surface area contributed by atoms with Gasteiger partial charge < -0.3 is 9.64 Å². The number of nitrogens with zero attached hydrogens (tertiary/aromatic N) is 3. The summed E-state index contributed by atoms with van der Waals surface area (Å²) < 4.78 is 7.38. The van der Waals surface area contributed by atoms with Gasteiger partial charge in [-0.25, -0.2) is 9.48 Å². The van der Waals surface area contributed by atoms with Crippen LogP contribution in [-0.4, -0.2) is 47.0 Å². The minimum atomic E-state index is -0.0719. The summed E-state index contributed by atoms with van der Waals surface area (Å²) in [5.74, 6) is 0.590. The number of carbonyl (C=O) groups excluding carboxylic acids is 1. The summed E-state index contributed by atoms with van der Waals surface area (Å²) in [5.41, 5.74) is 3.36.